The van der Waals surface area contributed by atoms with E-state index in [1.54, 1.807) is 49.4 Å². The SMILES string of the molecule is CC[C@@H](C)NC(=O)[C@H](CC)N(Cc1ccc(Cl)c(Cl)c1)C(=O)CN(c1ccc(OCc2ccccc2)cc1)S(C)(=O)=O. The van der Waals surface area contributed by atoms with Crippen LogP contribution in [-0.2, 0) is 32.8 Å². The van der Waals surface area contributed by atoms with E-state index >= 15 is 0 Å². The number of carbonyl (C=O) groups excluding carboxylic acids is 2. The van der Waals surface area contributed by atoms with Crippen molar-refractivity contribution in [2.45, 2.75) is 58.8 Å². The maximum absolute atomic E-state index is 13.9. The Balaban J connectivity index is 1.87. The lowest BCUT2D eigenvalue weighted by molar-refractivity contribution is -0.140. The van der Waals surface area contributed by atoms with Crippen LogP contribution >= 0.6 is 23.2 Å². The van der Waals surface area contributed by atoms with Gasteiger partial charge in [0.1, 0.15) is 24.9 Å². The van der Waals surface area contributed by atoms with Crippen LogP contribution in [0.5, 0.6) is 5.75 Å². The average molecular weight is 635 g/mol. The highest BCUT2D eigenvalue weighted by Gasteiger charge is 2.32. The second-order valence-electron chi connectivity index (χ2n) is 10.0. The molecule has 3 aromatic rings. The molecule has 1 N–H and O–H groups in total. The fourth-order valence-corrected chi connectivity index (χ4v) is 5.43. The molecule has 8 nitrogen and oxygen atoms in total. The van der Waals surface area contributed by atoms with Crippen LogP contribution in [0, 0.1) is 0 Å². The van der Waals surface area contributed by atoms with Crippen LogP contribution in [0.3, 0.4) is 0 Å². The molecule has 0 saturated heterocycles. The fraction of sp³-hybridized carbons (Fsp3) is 0.355. The van der Waals surface area contributed by atoms with E-state index in [2.05, 4.69) is 5.32 Å². The lowest BCUT2D eigenvalue weighted by atomic mass is 10.1. The molecule has 0 spiro atoms. The number of carbonyl (C=O) groups is 2. The fourth-order valence-electron chi connectivity index (χ4n) is 4.26. The molecule has 0 fully saturated rings. The van der Waals surface area contributed by atoms with Crippen molar-refractivity contribution in [3.63, 3.8) is 0 Å². The Morgan fingerprint density at radius 3 is 2.14 bits per heavy atom. The minimum absolute atomic E-state index is 0.0338. The molecule has 0 bridgehead atoms. The smallest absolute Gasteiger partial charge is 0.244 e. The van der Waals surface area contributed by atoms with Gasteiger partial charge in [-0.1, -0.05) is 73.4 Å². The molecule has 3 aromatic carbocycles. The summed E-state index contributed by atoms with van der Waals surface area (Å²) in [5.74, 6) is -0.301. The van der Waals surface area contributed by atoms with E-state index in [1.807, 2.05) is 44.2 Å². The predicted octanol–water partition coefficient (Wildman–Crippen LogP) is 6.06. The van der Waals surface area contributed by atoms with Crippen molar-refractivity contribution in [2.24, 2.45) is 0 Å². The first-order valence-electron chi connectivity index (χ1n) is 13.7. The number of amides is 2. The molecule has 2 atom stereocenters. The largest absolute Gasteiger partial charge is 0.489 e. The summed E-state index contributed by atoms with van der Waals surface area (Å²) < 4.78 is 32.6. The molecule has 42 heavy (non-hydrogen) atoms. The Kier molecular flexibility index (Phi) is 12.1. The summed E-state index contributed by atoms with van der Waals surface area (Å²) >= 11 is 12.3. The van der Waals surface area contributed by atoms with Crippen molar-refractivity contribution < 1.29 is 22.7 Å². The van der Waals surface area contributed by atoms with Crippen LogP contribution in [0.4, 0.5) is 5.69 Å². The number of hydrogen-bond acceptors (Lipinski definition) is 5. The van der Waals surface area contributed by atoms with Gasteiger partial charge in [-0.25, -0.2) is 8.42 Å². The molecule has 226 valence electrons. The van der Waals surface area contributed by atoms with E-state index < -0.39 is 28.5 Å². The number of anilines is 1. The topological polar surface area (TPSA) is 96.0 Å². The van der Waals surface area contributed by atoms with Crippen LogP contribution in [0.1, 0.15) is 44.7 Å². The van der Waals surface area contributed by atoms with Gasteiger partial charge in [0.2, 0.25) is 21.8 Å². The first kappa shape index (κ1) is 33.2. The Morgan fingerprint density at radius 1 is 0.905 bits per heavy atom. The molecule has 0 aliphatic carbocycles. The molecule has 0 aliphatic heterocycles. The van der Waals surface area contributed by atoms with Crippen molar-refractivity contribution in [1.29, 1.82) is 0 Å². The summed E-state index contributed by atoms with van der Waals surface area (Å²) in [6.07, 6.45) is 2.08. The van der Waals surface area contributed by atoms with Gasteiger partial charge in [0.15, 0.2) is 0 Å². The van der Waals surface area contributed by atoms with Gasteiger partial charge < -0.3 is 15.0 Å². The van der Waals surface area contributed by atoms with Crippen molar-refractivity contribution >= 4 is 50.7 Å². The lowest BCUT2D eigenvalue weighted by Crippen LogP contribution is -2.53. The first-order chi connectivity index (χ1) is 19.9. The summed E-state index contributed by atoms with van der Waals surface area (Å²) in [4.78, 5) is 28.5. The third-order valence-corrected chi connectivity index (χ3v) is 8.66. The Labute approximate surface area is 258 Å². The number of rotatable bonds is 14. The second-order valence-corrected chi connectivity index (χ2v) is 12.8. The van der Waals surface area contributed by atoms with Gasteiger partial charge in [0.25, 0.3) is 0 Å². The molecule has 11 heteroatoms. The number of hydrogen-bond donors (Lipinski definition) is 1. The van der Waals surface area contributed by atoms with Gasteiger partial charge in [-0.05, 0) is 67.3 Å². The van der Waals surface area contributed by atoms with Crippen molar-refractivity contribution in [1.82, 2.24) is 10.2 Å². The summed E-state index contributed by atoms with van der Waals surface area (Å²) in [7, 11) is -3.87. The maximum atomic E-state index is 13.9. The van der Waals surface area contributed by atoms with E-state index in [0.29, 0.717) is 40.1 Å². The van der Waals surface area contributed by atoms with E-state index in [-0.39, 0.29) is 18.5 Å². The van der Waals surface area contributed by atoms with Crippen LogP contribution in [0.15, 0.2) is 72.8 Å². The number of benzene rings is 3. The zero-order chi connectivity index (χ0) is 30.9. The Bertz CT molecular complexity index is 1450. The number of halogens is 2. The van der Waals surface area contributed by atoms with Crippen LogP contribution < -0.4 is 14.4 Å². The maximum Gasteiger partial charge on any atom is 0.244 e. The Morgan fingerprint density at radius 2 is 1.57 bits per heavy atom. The summed E-state index contributed by atoms with van der Waals surface area (Å²) in [6, 6.07) is 20.2. The van der Waals surface area contributed by atoms with E-state index in [9.17, 15) is 18.0 Å². The molecule has 3 rings (SSSR count). The molecule has 0 heterocycles. The van der Waals surface area contributed by atoms with E-state index in [1.165, 1.54) is 4.90 Å². The highest BCUT2D eigenvalue weighted by molar-refractivity contribution is 7.92. The van der Waals surface area contributed by atoms with Gasteiger partial charge in [-0.3, -0.25) is 13.9 Å². The van der Waals surface area contributed by atoms with Crippen LogP contribution in [0.2, 0.25) is 10.0 Å². The Hall–Kier alpha value is -3.27. The molecule has 0 unspecified atom stereocenters. The van der Waals surface area contributed by atoms with Gasteiger partial charge in [0.05, 0.1) is 22.0 Å². The van der Waals surface area contributed by atoms with Crippen molar-refractivity contribution in [2.75, 3.05) is 17.1 Å². The number of ether oxygens (including phenoxy) is 1. The normalized spacial score (nSPS) is 12.7. The van der Waals surface area contributed by atoms with Crippen molar-refractivity contribution in [3.8, 4) is 5.75 Å². The molecular formula is C31H37Cl2N3O5S. The van der Waals surface area contributed by atoms with Gasteiger partial charge in [-0.15, -0.1) is 0 Å². The number of nitrogens with zero attached hydrogens (tertiary/aromatic N) is 2. The zero-order valence-corrected chi connectivity index (χ0v) is 26.5. The van der Waals surface area contributed by atoms with Gasteiger partial charge >= 0.3 is 0 Å². The standard InChI is InChI=1S/C31H37Cl2N3O5S/c1-5-22(3)34-31(38)29(6-2)35(19-24-12-17-27(32)28(33)18-24)30(37)20-36(42(4,39)40)25-13-15-26(16-14-25)41-21-23-10-8-7-9-11-23/h7-18,22,29H,5-6,19-21H2,1-4H3,(H,34,38)/t22-,29+/m1/s1. The molecule has 0 aromatic heterocycles. The van der Waals surface area contributed by atoms with Crippen LogP contribution in [-0.4, -0.2) is 50.0 Å². The minimum atomic E-state index is -3.87. The summed E-state index contributed by atoms with van der Waals surface area (Å²) in [5, 5.41) is 3.61. The number of nitrogens with one attached hydrogen (secondary N) is 1. The highest BCUT2D eigenvalue weighted by atomic mass is 35.5. The molecule has 0 radical (unpaired) electrons. The molecule has 0 saturated carbocycles. The lowest BCUT2D eigenvalue weighted by Gasteiger charge is -2.33. The summed E-state index contributed by atoms with van der Waals surface area (Å²) in [5.41, 5.74) is 1.94. The molecule has 2 amide bonds. The third kappa shape index (κ3) is 9.37. The zero-order valence-electron chi connectivity index (χ0n) is 24.2. The number of sulfonamides is 1. The van der Waals surface area contributed by atoms with Gasteiger partial charge in [0, 0.05) is 12.6 Å². The van der Waals surface area contributed by atoms with Crippen molar-refractivity contribution in [3.05, 3.63) is 94.0 Å². The van der Waals surface area contributed by atoms with Gasteiger partial charge in [-0.2, -0.15) is 0 Å². The van der Waals surface area contributed by atoms with E-state index in [0.717, 1.165) is 22.5 Å². The second kappa shape index (κ2) is 15.3. The average Bonchev–Trinajstić information content (AvgIpc) is 2.96. The van der Waals surface area contributed by atoms with E-state index in [4.69, 9.17) is 27.9 Å². The summed E-state index contributed by atoms with van der Waals surface area (Å²) in [6.45, 7) is 5.53. The van der Waals surface area contributed by atoms with Crippen LogP contribution in [0.25, 0.3) is 0 Å². The molecular weight excluding hydrogens is 597 g/mol. The monoisotopic (exact) mass is 633 g/mol. The predicted molar refractivity (Wildman–Crippen MR) is 168 cm³/mol. The third-order valence-electron chi connectivity index (χ3n) is 6.78. The quantitative estimate of drug-likeness (QED) is 0.233. The minimum Gasteiger partial charge on any atom is -0.489 e. The molecule has 0 aliphatic rings. The first-order valence-corrected chi connectivity index (χ1v) is 16.3. The highest BCUT2D eigenvalue weighted by Crippen LogP contribution is 2.26.